The van der Waals surface area contributed by atoms with Crippen molar-refractivity contribution < 1.29 is 24.9 Å². The number of ether oxygens (including phenoxy) is 1. The minimum Gasteiger partial charge on any atom is -0.462 e. The molecule has 0 rings (SSSR count). The highest BCUT2D eigenvalue weighted by Crippen LogP contribution is 1.82. The predicted molar refractivity (Wildman–Crippen MR) is 47.0 cm³/mol. The van der Waals surface area contributed by atoms with E-state index in [0.717, 1.165) is 6.08 Å². The lowest BCUT2D eigenvalue weighted by Crippen LogP contribution is -2.02. The molecule has 78 valence electrons. The summed E-state index contributed by atoms with van der Waals surface area (Å²) in [4.78, 5) is 10.3. The highest BCUT2D eigenvalue weighted by Gasteiger charge is 1.91. The summed E-state index contributed by atoms with van der Waals surface area (Å²) in [7, 11) is 0. The summed E-state index contributed by atoms with van der Waals surface area (Å²) in [6.45, 7) is 3.26. The van der Waals surface area contributed by atoms with E-state index in [1.54, 1.807) is 0 Å². The van der Waals surface area contributed by atoms with Crippen LogP contribution in [0.25, 0.3) is 0 Å². The van der Waals surface area contributed by atoms with E-state index in [0.29, 0.717) is 6.42 Å². The van der Waals surface area contributed by atoms with E-state index in [1.165, 1.54) is 0 Å². The van der Waals surface area contributed by atoms with Gasteiger partial charge in [0.25, 0.3) is 0 Å². The van der Waals surface area contributed by atoms with Crippen molar-refractivity contribution in [3.63, 3.8) is 0 Å². The fraction of sp³-hybridized carbons (Fsp3) is 0.625. The standard InChI is InChI=1S/C6H10O3.C2H6O2/c1-2-6(8)9-5-3-4-7;3-1-2-4/h2,7H,1,3-5H2;3-4H,1-2H2. The molecule has 0 aromatic carbocycles. The van der Waals surface area contributed by atoms with Crippen molar-refractivity contribution in [2.45, 2.75) is 6.42 Å². The molecule has 0 radical (unpaired) electrons. The van der Waals surface area contributed by atoms with Crippen LogP contribution in [0.5, 0.6) is 0 Å². The third kappa shape index (κ3) is 18.2. The fourth-order valence-electron chi connectivity index (χ4n) is 0.296. The normalized spacial score (nSPS) is 8.23. The zero-order valence-corrected chi connectivity index (χ0v) is 7.48. The number of esters is 1. The first-order chi connectivity index (χ1) is 6.22. The minimum atomic E-state index is -0.441. The Hall–Kier alpha value is -0.910. The summed E-state index contributed by atoms with van der Waals surface area (Å²) < 4.78 is 4.51. The van der Waals surface area contributed by atoms with Crippen molar-refractivity contribution in [3.05, 3.63) is 12.7 Å². The molecule has 0 unspecified atom stereocenters. The van der Waals surface area contributed by atoms with E-state index in [-0.39, 0.29) is 26.4 Å². The Labute approximate surface area is 77.3 Å². The van der Waals surface area contributed by atoms with Gasteiger partial charge in [-0.05, 0) is 0 Å². The van der Waals surface area contributed by atoms with Crippen LogP contribution in [0.2, 0.25) is 0 Å². The lowest BCUT2D eigenvalue weighted by atomic mass is 10.5. The Morgan fingerprint density at radius 2 is 1.77 bits per heavy atom. The second-order valence-corrected chi connectivity index (χ2v) is 1.90. The third-order valence-electron chi connectivity index (χ3n) is 0.813. The Bertz CT molecular complexity index is 122. The van der Waals surface area contributed by atoms with E-state index < -0.39 is 5.97 Å². The molecular weight excluding hydrogens is 176 g/mol. The quantitative estimate of drug-likeness (QED) is 0.297. The summed E-state index contributed by atoms with van der Waals surface area (Å²) in [5.41, 5.74) is 0. The Kier molecular flexibility index (Phi) is 15.4. The van der Waals surface area contributed by atoms with Gasteiger partial charge in [-0.25, -0.2) is 4.79 Å². The van der Waals surface area contributed by atoms with Gasteiger partial charge >= 0.3 is 5.97 Å². The van der Waals surface area contributed by atoms with Crippen molar-refractivity contribution >= 4 is 5.97 Å². The predicted octanol–water partition coefficient (Wildman–Crippen LogP) is -0.931. The van der Waals surface area contributed by atoms with Gasteiger partial charge in [-0.15, -0.1) is 0 Å². The van der Waals surface area contributed by atoms with Crippen LogP contribution in [-0.4, -0.2) is 47.7 Å². The molecule has 0 fully saturated rings. The largest absolute Gasteiger partial charge is 0.462 e. The Morgan fingerprint density at radius 1 is 1.23 bits per heavy atom. The fourth-order valence-corrected chi connectivity index (χ4v) is 0.296. The molecule has 0 atom stereocenters. The van der Waals surface area contributed by atoms with Crippen LogP contribution < -0.4 is 0 Å². The van der Waals surface area contributed by atoms with Crippen LogP contribution in [0.3, 0.4) is 0 Å². The second-order valence-electron chi connectivity index (χ2n) is 1.90. The average molecular weight is 192 g/mol. The number of carbonyl (C=O) groups excluding carboxylic acids is 1. The van der Waals surface area contributed by atoms with Crippen LogP contribution in [0.15, 0.2) is 12.7 Å². The number of aliphatic hydroxyl groups excluding tert-OH is 3. The molecule has 3 N–H and O–H groups in total. The van der Waals surface area contributed by atoms with Crippen LogP contribution >= 0.6 is 0 Å². The van der Waals surface area contributed by atoms with Gasteiger partial charge in [0.2, 0.25) is 0 Å². The second kappa shape index (κ2) is 13.7. The molecule has 5 heteroatoms. The molecular formula is C8H16O5. The van der Waals surface area contributed by atoms with Gasteiger partial charge in [0, 0.05) is 19.1 Å². The van der Waals surface area contributed by atoms with Gasteiger partial charge in [-0.3, -0.25) is 0 Å². The van der Waals surface area contributed by atoms with Gasteiger partial charge in [-0.1, -0.05) is 6.58 Å². The molecule has 0 heterocycles. The summed E-state index contributed by atoms with van der Waals surface area (Å²) in [5, 5.41) is 23.5. The number of hydrogen-bond donors (Lipinski definition) is 3. The maximum atomic E-state index is 10.3. The summed E-state index contributed by atoms with van der Waals surface area (Å²) in [6, 6.07) is 0. The lowest BCUT2D eigenvalue weighted by molar-refractivity contribution is -0.137. The zero-order valence-electron chi connectivity index (χ0n) is 7.48. The first-order valence-corrected chi connectivity index (χ1v) is 3.84. The first-order valence-electron chi connectivity index (χ1n) is 3.84. The summed E-state index contributed by atoms with van der Waals surface area (Å²) >= 11 is 0. The molecule has 0 aliphatic heterocycles. The van der Waals surface area contributed by atoms with Gasteiger partial charge in [0.05, 0.1) is 19.8 Å². The van der Waals surface area contributed by atoms with E-state index in [2.05, 4.69) is 11.3 Å². The molecule has 5 nitrogen and oxygen atoms in total. The maximum absolute atomic E-state index is 10.3. The molecule has 0 saturated carbocycles. The topological polar surface area (TPSA) is 87.0 Å². The summed E-state index contributed by atoms with van der Waals surface area (Å²) in [5.74, 6) is -0.441. The van der Waals surface area contributed by atoms with E-state index in [9.17, 15) is 4.79 Å². The Balaban J connectivity index is 0. The maximum Gasteiger partial charge on any atom is 0.330 e. The third-order valence-corrected chi connectivity index (χ3v) is 0.813. The Morgan fingerprint density at radius 3 is 2.08 bits per heavy atom. The van der Waals surface area contributed by atoms with Crippen molar-refractivity contribution in [3.8, 4) is 0 Å². The van der Waals surface area contributed by atoms with Crippen LogP contribution in [0, 0.1) is 0 Å². The van der Waals surface area contributed by atoms with E-state index in [1.807, 2.05) is 0 Å². The number of carbonyl (C=O) groups is 1. The lowest BCUT2D eigenvalue weighted by Gasteiger charge is -1.96. The number of aliphatic hydroxyl groups is 3. The van der Waals surface area contributed by atoms with Gasteiger partial charge < -0.3 is 20.1 Å². The monoisotopic (exact) mass is 192 g/mol. The van der Waals surface area contributed by atoms with Crippen LogP contribution in [-0.2, 0) is 9.53 Å². The highest BCUT2D eigenvalue weighted by atomic mass is 16.5. The minimum absolute atomic E-state index is 0.0461. The van der Waals surface area contributed by atoms with Crippen LogP contribution in [0.1, 0.15) is 6.42 Å². The van der Waals surface area contributed by atoms with Crippen molar-refractivity contribution in [2.75, 3.05) is 26.4 Å². The number of rotatable bonds is 5. The molecule has 0 aromatic heterocycles. The van der Waals surface area contributed by atoms with Gasteiger partial charge in [-0.2, -0.15) is 0 Å². The molecule has 0 spiro atoms. The average Bonchev–Trinajstić information content (AvgIpc) is 2.18. The van der Waals surface area contributed by atoms with Gasteiger partial charge in [0.1, 0.15) is 0 Å². The molecule has 0 aromatic rings. The molecule has 0 amide bonds. The smallest absolute Gasteiger partial charge is 0.330 e. The zero-order chi connectivity index (χ0) is 10.5. The molecule has 13 heavy (non-hydrogen) atoms. The molecule has 0 bridgehead atoms. The SMILES string of the molecule is C=CC(=O)OCCCO.OCCO. The van der Waals surface area contributed by atoms with Crippen molar-refractivity contribution in [1.29, 1.82) is 0 Å². The van der Waals surface area contributed by atoms with Crippen molar-refractivity contribution in [2.24, 2.45) is 0 Å². The summed E-state index contributed by atoms with van der Waals surface area (Å²) in [6.07, 6.45) is 1.58. The van der Waals surface area contributed by atoms with E-state index >= 15 is 0 Å². The van der Waals surface area contributed by atoms with Gasteiger partial charge in [0.15, 0.2) is 0 Å². The number of hydrogen-bond acceptors (Lipinski definition) is 5. The molecule has 0 saturated heterocycles. The van der Waals surface area contributed by atoms with Crippen molar-refractivity contribution in [1.82, 2.24) is 0 Å². The molecule has 0 aliphatic carbocycles. The first kappa shape index (κ1) is 14.6. The van der Waals surface area contributed by atoms with Crippen LogP contribution in [0.4, 0.5) is 0 Å². The highest BCUT2D eigenvalue weighted by molar-refractivity contribution is 5.81. The molecule has 0 aliphatic rings. The van der Waals surface area contributed by atoms with E-state index in [4.69, 9.17) is 15.3 Å².